The van der Waals surface area contributed by atoms with Crippen LogP contribution in [0.15, 0.2) is 48.5 Å². The Bertz CT molecular complexity index is 579. The van der Waals surface area contributed by atoms with Crippen LogP contribution in [0.4, 0.5) is 13.2 Å². The molecule has 0 aliphatic rings. The minimum Gasteiger partial charge on any atom is -0.271 e. The number of nitrogens with one attached hydrogen (secondary N) is 1. The number of hydrazine groups is 1. The van der Waals surface area contributed by atoms with E-state index in [1.54, 1.807) is 6.92 Å². The number of rotatable bonds is 3. The van der Waals surface area contributed by atoms with Gasteiger partial charge in [-0.3, -0.25) is 5.84 Å². The SMILES string of the molecule is Cc1cc(C(F)(F)F)ccc1C(NN)c1ccccc1. The van der Waals surface area contributed by atoms with Gasteiger partial charge in [0.15, 0.2) is 0 Å². The minimum absolute atomic E-state index is 0.335. The van der Waals surface area contributed by atoms with E-state index in [0.29, 0.717) is 5.56 Å². The Morgan fingerprint density at radius 2 is 1.70 bits per heavy atom. The number of hydrogen-bond acceptors (Lipinski definition) is 2. The Labute approximate surface area is 115 Å². The van der Waals surface area contributed by atoms with E-state index in [0.717, 1.165) is 23.3 Å². The first kappa shape index (κ1) is 14.6. The Kier molecular flexibility index (Phi) is 4.11. The zero-order chi connectivity index (χ0) is 14.8. The monoisotopic (exact) mass is 280 g/mol. The molecule has 2 aromatic carbocycles. The smallest absolute Gasteiger partial charge is 0.271 e. The van der Waals surface area contributed by atoms with Crippen LogP contribution in [0.5, 0.6) is 0 Å². The van der Waals surface area contributed by atoms with Gasteiger partial charge in [-0.1, -0.05) is 36.4 Å². The molecule has 0 saturated heterocycles. The molecule has 0 saturated carbocycles. The number of nitrogens with two attached hydrogens (primary N) is 1. The molecular weight excluding hydrogens is 265 g/mol. The van der Waals surface area contributed by atoms with E-state index in [-0.39, 0.29) is 6.04 Å². The largest absolute Gasteiger partial charge is 0.416 e. The summed E-state index contributed by atoms with van der Waals surface area (Å²) in [5.74, 6) is 5.56. The molecule has 5 heteroatoms. The fourth-order valence-electron chi connectivity index (χ4n) is 2.19. The van der Waals surface area contributed by atoms with Gasteiger partial charge in [0.2, 0.25) is 0 Å². The van der Waals surface area contributed by atoms with E-state index in [2.05, 4.69) is 5.43 Å². The van der Waals surface area contributed by atoms with Gasteiger partial charge in [0, 0.05) is 0 Å². The van der Waals surface area contributed by atoms with Crippen molar-refractivity contribution in [2.75, 3.05) is 0 Å². The average Bonchev–Trinajstić information content (AvgIpc) is 2.41. The van der Waals surface area contributed by atoms with Crippen LogP contribution in [-0.2, 0) is 6.18 Å². The van der Waals surface area contributed by atoms with Crippen LogP contribution in [0.1, 0.15) is 28.3 Å². The summed E-state index contributed by atoms with van der Waals surface area (Å²) >= 11 is 0. The van der Waals surface area contributed by atoms with Crippen molar-refractivity contribution in [3.63, 3.8) is 0 Å². The first-order valence-electron chi connectivity index (χ1n) is 6.12. The van der Waals surface area contributed by atoms with E-state index >= 15 is 0 Å². The molecule has 2 nitrogen and oxygen atoms in total. The highest BCUT2D eigenvalue weighted by Crippen LogP contribution is 2.32. The van der Waals surface area contributed by atoms with Gasteiger partial charge in [-0.05, 0) is 35.7 Å². The summed E-state index contributed by atoms with van der Waals surface area (Å²) in [4.78, 5) is 0. The molecule has 0 bridgehead atoms. The fraction of sp³-hybridized carbons (Fsp3) is 0.200. The normalized spacial score (nSPS) is 13.2. The predicted molar refractivity (Wildman–Crippen MR) is 71.8 cm³/mol. The zero-order valence-corrected chi connectivity index (χ0v) is 10.9. The Hall–Kier alpha value is -1.85. The lowest BCUT2D eigenvalue weighted by Gasteiger charge is -2.20. The van der Waals surface area contributed by atoms with Gasteiger partial charge in [0.25, 0.3) is 0 Å². The standard InChI is InChI=1S/C15H15F3N2/c1-10-9-12(15(16,17)18)7-8-13(10)14(20-19)11-5-3-2-4-6-11/h2-9,14,20H,19H2,1H3. The third kappa shape index (κ3) is 3.00. The maximum absolute atomic E-state index is 12.7. The third-order valence-corrected chi connectivity index (χ3v) is 3.21. The molecule has 106 valence electrons. The van der Waals surface area contributed by atoms with E-state index in [1.165, 1.54) is 6.07 Å². The van der Waals surface area contributed by atoms with Crippen molar-refractivity contribution < 1.29 is 13.2 Å². The van der Waals surface area contributed by atoms with Crippen LogP contribution in [-0.4, -0.2) is 0 Å². The first-order chi connectivity index (χ1) is 9.43. The lowest BCUT2D eigenvalue weighted by Crippen LogP contribution is -2.29. The van der Waals surface area contributed by atoms with Crippen LogP contribution in [0.25, 0.3) is 0 Å². The van der Waals surface area contributed by atoms with E-state index in [1.807, 2.05) is 30.3 Å². The van der Waals surface area contributed by atoms with Crippen LogP contribution in [0, 0.1) is 6.92 Å². The zero-order valence-electron chi connectivity index (χ0n) is 10.9. The van der Waals surface area contributed by atoms with Gasteiger partial charge in [-0.15, -0.1) is 0 Å². The molecule has 0 amide bonds. The summed E-state index contributed by atoms with van der Waals surface area (Å²) in [6, 6.07) is 12.7. The fourth-order valence-corrected chi connectivity index (χ4v) is 2.19. The van der Waals surface area contributed by atoms with Gasteiger partial charge in [0.05, 0.1) is 11.6 Å². The Morgan fingerprint density at radius 1 is 1.05 bits per heavy atom. The van der Waals surface area contributed by atoms with Crippen molar-refractivity contribution >= 4 is 0 Å². The predicted octanol–water partition coefficient (Wildman–Crippen LogP) is 3.57. The summed E-state index contributed by atoms with van der Waals surface area (Å²) in [7, 11) is 0. The highest BCUT2D eigenvalue weighted by molar-refractivity contribution is 5.39. The summed E-state index contributed by atoms with van der Waals surface area (Å²) in [5.41, 5.74) is 4.18. The second-order valence-electron chi connectivity index (χ2n) is 4.58. The summed E-state index contributed by atoms with van der Waals surface area (Å²) in [6.45, 7) is 1.65. The van der Waals surface area contributed by atoms with Gasteiger partial charge < -0.3 is 0 Å². The van der Waals surface area contributed by atoms with Crippen molar-refractivity contribution in [1.29, 1.82) is 0 Å². The Morgan fingerprint density at radius 3 is 2.20 bits per heavy atom. The van der Waals surface area contributed by atoms with Crippen LogP contribution in [0.2, 0.25) is 0 Å². The van der Waals surface area contributed by atoms with Crippen LogP contribution < -0.4 is 11.3 Å². The van der Waals surface area contributed by atoms with Crippen LogP contribution in [0.3, 0.4) is 0 Å². The summed E-state index contributed by atoms with van der Waals surface area (Å²) in [5, 5.41) is 0. The molecule has 1 unspecified atom stereocenters. The molecule has 0 aliphatic heterocycles. The highest BCUT2D eigenvalue weighted by Gasteiger charge is 2.31. The third-order valence-electron chi connectivity index (χ3n) is 3.21. The van der Waals surface area contributed by atoms with Gasteiger partial charge in [0.1, 0.15) is 0 Å². The summed E-state index contributed by atoms with van der Waals surface area (Å²) < 4.78 is 38.0. The molecule has 3 N–H and O–H groups in total. The van der Waals surface area contributed by atoms with Crippen molar-refractivity contribution in [2.24, 2.45) is 5.84 Å². The second-order valence-corrected chi connectivity index (χ2v) is 4.58. The van der Waals surface area contributed by atoms with Gasteiger partial charge in [-0.25, -0.2) is 5.43 Å². The first-order valence-corrected chi connectivity index (χ1v) is 6.12. The number of halogens is 3. The van der Waals surface area contributed by atoms with Gasteiger partial charge in [-0.2, -0.15) is 13.2 Å². The minimum atomic E-state index is -4.33. The molecule has 0 radical (unpaired) electrons. The Balaban J connectivity index is 2.42. The number of alkyl halides is 3. The van der Waals surface area contributed by atoms with E-state index in [9.17, 15) is 13.2 Å². The van der Waals surface area contributed by atoms with Crippen molar-refractivity contribution in [3.05, 3.63) is 70.8 Å². The topological polar surface area (TPSA) is 38.0 Å². The summed E-state index contributed by atoms with van der Waals surface area (Å²) in [6.07, 6.45) is -4.33. The molecule has 0 heterocycles. The molecule has 0 fully saturated rings. The average molecular weight is 280 g/mol. The van der Waals surface area contributed by atoms with Crippen molar-refractivity contribution in [2.45, 2.75) is 19.1 Å². The quantitative estimate of drug-likeness (QED) is 0.666. The van der Waals surface area contributed by atoms with Crippen LogP contribution >= 0.6 is 0 Å². The molecule has 0 spiro atoms. The molecule has 2 rings (SSSR count). The molecule has 0 aromatic heterocycles. The van der Waals surface area contributed by atoms with Gasteiger partial charge >= 0.3 is 6.18 Å². The van der Waals surface area contributed by atoms with Crippen molar-refractivity contribution in [3.8, 4) is 0 Å². The van der Waals surface area contributed by atoms with Crippen molar-refractivity contribution in [1.82, 2.24) is 5.43 Å². The molecule has 20 heavy (non-hydrogen) atoms. The van der Waals surface area contributed by atoms with E-state index < -0.39 is 11.7 Å². The highest BCUT2D eigenvalue weighted by atomic mass is 19.4. The lowest BCUT2D eigenvalue weighted by atomic mass is 9.94. The van der Waals surface area contributed by atoms with E-state index in [4.69, 9.17) is 5.84 Å². The molecule has 0 aliphatic carbocycles. The second kappa shape index (κ2) is 5.64. The molecule has 2 aromatic rings. The number of aryl methyl sites for hydroxylation is 1. The number of benzene rings is 2. The maximum atomic E-state index is 12.7. The lowest BCUT2D eigenvalue weighted by molar-refractivity contribution is -0.137. The maximum Gasteiger partial charge on any atom is 0.416 e. The molecular formula is C15H15F3N2. The number of hydrogen-bond donors (Lipinski definition) is 2. The molecule has 1 atom stereocenters.